The maximum absolute atomic E-state index is 12.1. The monoisotopic (exact) mass is 401 g/mol. The van der Waals surface area contributed by atoms with Crippen LogP contribution in [0.25, 0.3) is 6.08 Å². The summed E-state index contributed by atoms with van der Waals surface area (Å²) in [5, 5.41) is 2.98. The summed E-state index contributed by atoms with van der Waals surface area (Å²) < 4.78 is 16.6. The van der Waals surface area contributed by atoms with E-state index in [1.54, 1.807) is 6.08 Å². The van der Waals surface area contributed by atoms with Crippen molar-refractivity contribution >= 4 is 18.0 Å². The van der Waals surface area contributed by atoms with Crippen molar-refractivity contribution in [3.63, 3.8) is 0 Å². The molecule has 1 aromatic rings. The van der Waals surface area contributed by atoms with Crippen LogP contribution >= 0.6 is 0 Å². The summed E-state index contributed by atoms with van der Waals surface area (Å²) in [6.07, 6.45) is 8.39. The number of esters is 1. The van der Waals surface area contributed by atoms with Gasteiger partial charge in [-0.2, -0.15) is 0 Å². The van der Waals surface area contributed by atoms with Gasteiger partial charge in [0.1, 0.15) is 17.6 Å². The van der Waals surface area contributed by atoms with Crippen LogP contribution in [0.4, 0.5) is 0 Å². The predicted molar refractivity (Wildman–Crippen MR) is 111 cm³/mol. The minimum atomic E-state index is -0.561. The Labute approximate surface area is 172 Å². The van der Waals surface area contributed by atoms with E-state index in [0.29, 0.717) is 18.3 Å². The highest BCUT2D eigenvalue weighted by Crippen LogP contribution is 2.35. The number of benzene rings is 1. The fraction of sp³-hybridized carbons (Fsp3) is 0.565. The summed E-state index contributed by atoms with van der Waals surface area (Å²) in [5.41, 5.74) is 1.85. The summed E-state index contributed by atoms with van der Waals surface area (Å²) in [7, 11) is 0. The zero-order valence-electron chi connectivity index (χ0n) is 17.5. The van der Waals surface area contributed by atoms with Crippen LogP contribution in [0.5, 0.6) is 11.5 Å². The lowest BCUT2D eigenvalue weighted by molar-refractivity contribution is -0.144. The largest absolute Gasteiger partial charge is 0.493 e. The SMILES string of the molecule is CCOc1cc2c(cc1/C=C/C(=O)OCC(=O)N[C@H]1CCCC[C@@H]1C)O[C@H](C)C2. The van der Waals surface area contributed by atoms with Crippen LogP contribution in [0.3, 0.4) is 0 Å². The highest BCUT2D eigenvalue weighted by Gasteiger charge is 2.23. The molecular formula is C23H31NO5. The summed E-state index contributed by atoms with van der Waals surface area (Å²) in [5.74, 6) is 1.17. The Morgan fingerprint density at radius 3 is 2.79 bits per heavy atom. The number of nitrogens with one attached hydrogen (secondary N) is 1. The second-order valence-electron chi connectivity index (χ2n) is 7.94. The Hall–Kier alpha value is -2.50. The van der Waals surface area contributed by atoms with Gasteiger partial charge in [0.15, 0.2) is 6.61 Å². The van der Waals surface area contributed by atoms with Crippen LogP contribution in [0.15, 0.2) is 18.2 Å². The van der Waals surface area contributed by atoms with Gasteiger partial charge in [-0.1, -0.05) is 19.8 Å². The van der Waals surface area contributed by atoms with Crippen LogP contribution in [-0.2, 0) is 20.7 Å². The quantitative estimate of drug-likeness (QED) is 0.558. The fourth-order valence-electron chi connectivity index (χ4n) is 3.99. The molecule has 1 amide bonds. The molecule has 158 valence electrons. The Morgan fingerprint density at radius 1 is 1.24 bits per heavy atom. The summed E-state index contributed by atoms with van der Waals surface area (Å²) >= 11 is 0. The first kappa shape index (κ1) is 21.2. The van der Waals surface area contributed by atoms with Crippen molar-refractivity contribution in [2.75, 3.05) is 13.2 Å². The molecule has 1 aromatic carbocycles. The first-order valence-electron chi connectivity index (χ1n) is 10.6. The molecule has 0 radical (unpaired) electrons. The third-order valence-corrected chi connectivity index (χ3v) is 5.53. The molecule has 0 unspecified atom stereocenters. The third-order valence-electron chi connectivity index (χ3n) is 5.53. The summed E-state index contributed by atoms with van der Waals surface area (Å²) in [6.45, 7) is 6.35. The molecule has 1 aliphatic carbocycles. The van der Waals surface area contributed by atoms with E-state index in [2.05, 4.69) is 12.2 Å². The van der Waals surface area contributed by atoms with E-state index >= 15 is 0 Å². The predicted octanol–water partition coefficient (Wildman–Crippen LogP) is 3.66. The van der Waals surface area contributed by atoms with Crippen LogP contribution in [0.2, 0.25) is 0 Å². The molecule has 6 heteroatoms. The van der Waals surface area contributed by atoms with Gasteiger partial charge in [-0.3, -0.25) is 4.79 Å². The maximum Gasteiger partial charge on any atom is 0.331 e. The van der Waals surface area contributed by atoms with Crippen molar-refractivity contribution in [3.8, 4) is 11.5 Å². The minimum Gasteiger partial charge on any atom is -0.493 e. The van der Waals surface area contributed by atoms with Crippen LogP contribution in [0, 0.1) is 5.92 Å². The van der Waals surface area contributed by atoms with Crippen molar-refractivity contribution in [1.29, 1.82) is 0 Å². The van der Waals surface area contributed by atoms with E-state index in [1.807, 2.05) is 26.0 Å². The zero-order valence-corrected chi connectivity index (χ0v) is 17.5. The van der Waals surface area contributed by atoms with Crippen LogP contribution in [0.1, 0.15) is 57.6 Å². The van der Waals surface area contributed by atoms with Gasteiger partial charge in [0.2, 0.25) is 0 Å². The van der Waals surface area contributed by atoms with Gasteiger partial charge in [0.05, 0.1) is 6.61 Å². The lowest BCUT2D eigenvalue weighted by atomic mass is 9.86. The molecule has 1 aliphatic heterocycles. The molecule has 3 rings (SSSR count). The molecule has 0 aromatic heterocycles. The van der Waals surface area contributed by atoms with Gasteiger partial charge in [-0.25, -0.2) is 4.79 Å². The number of amides is 1. The molecule has 0 spiro atoms. The molecule has 2 aliphatic rings. The first-order chi connectivity index (χ1) is 14.0. The minimum absolute atomic E-state index is 0.133. The van der Waals surface area contributed by atoms with E-state index in [9.17, 15) is 9.59 Å². The Kier molecular flexibility index (Phi) is 7.18. The maximum atomic E-state index is 12.1. The van der Waals surface area contributed by atoms with Gasteiger partial charge in [0, 0.05) is 29.7 Å². The topological polar surface area (TPSA) is 73.9 Å². The second-order valence-corrected chi connectivity index (χ2v) is 7.94. The molecule has 3 atom stereocenters. The molecular weight excluding hydrogens is 370 g/mol. The van der Waals surface area contributed by atoms with E-state index in [0.717, 1.165) is 42.6 Å². The number of carbonyl (C=O) groups excluding carboxylic acids is 2. The Bertz CT molecular complexity index is 773. The van der Waals surface area contributed by atoms with E-state index in [-0.39, 0.29) is 24.7 Å². The van der Waals surface area contributed by atoms with Crippen molar-refractivity contribution in [2.45, 2.75) is 65.0 Å². The molecule has 1 fully saturated rings. The number of hydrogen-bond donors (Lipinski definition) is 1. The average molecular weight is 402 g/mol. The average Bonchev–Trinajstić information content (AvgIpc) is 3.05. The Morgan fingerprint density at radius 2 is 2.03 bits per heavy atom. The number of fused-ring (bicyclic) bond motifs is 1. The van der Waals surface area contributed by atoms with E-state index in [1.165, 1.54) is 12.5 Å². The van der Waals surface area contributed by atoms with Gasteiger partial charge >= 0.3 is 5.97 Å². The standard InChI is InChI=1S/C23H31NO5/c1-4-27-20-13-18-11-16(3)29-21(18)12-17(20)9-10-23(26)28-14-22(25)24-19-8-6-5-7-15(19)2/h9-10,12-13,15-16,19H,4-8,11,14H2,1-3H3,(H,24,25)/b10-9+/t15-,16+,19-/m0/s1. The Balaban J connectivity index is 1.55. The van der Waals surface area contributed by atoms with Gasteiger partial charge in [-0.05, 0) is 50.8 Å². The van der Waals surface area contributed by atoms with Crippen molar-refractivity contribution in [3.05, 3.63) is 29.3 Å². The molecule has 1 heterocycles. The van der Waals surface area contributed by atoms with Gasteiger partial charge in [0.25, 0.3) is 5.91 Å². The first-order valence-corrected chi connectivity index (χ1v) is 10.6. The second kappa shape index (κ2) is 9.81. The lowest BCUT2D eigenvalue weighted by Gasteiger charge is -2.29. The molecule has 6 nitrogen and oxygen atoms in total. The summed E-state index contributed by atoms with van der Waals surface area (Å²) in [6, 6.07) is 4.02. The molecule has 0 saturated heterocycles. The fourth-order valence-corrected chi connectivity index (χ4v) is 3.99. The van der Waals surface area contributed by atoms with Crippen molar-refractivity contribution in [2.24, 2.45) is 5.92 Å². The van der Waals surface area contributed by atoms with Crippen molar-refractivity contribution < 1.29 is 23.8 Å². The van der Waals surface area contributed by atoms with Crippen molar-refractivity contribution in [1.82, 2.24) is 5.32 Å². The molecule has 0 bridgehead atoms. The van der Waals surface area contributed by atoms with Gasteiger partial charge in [-0.15, -0.1) is 0 Å². The molecule has 1 saturated carbocycles. The highest BCUT2D eigenvalue weighted by molar-refractivity contribution is 5.90. The normalized spacial score (nSPS) is 23.3. The zero-order chi connectivity index (χ0) is 20.8. The van der Waals surface area contributed by atoms with Gasteiger partial charge < -0.3 is 19.5 Å². The van der Waals surface area contributed by atoms with E-state index < -0.39 is 5.97 Å². The number of carbonyl (C=O) groups is 2. The molecule has 29 heavy (non-hydrogen) atoms. The number of ether oxygens (including phenoxy) is 3. The smallest absolute Gasteiger partial charge is 0.331 e. The lowest BCUT2D eigenvalue weighted by Crippen LogP contribution is -2.42. The third kappa shape index (κ3) is 5.75. The van der Waals surface area contributed by atoms with Crippen LogP contribution in [-0.4, -0.2) is 37.2 Å². The molecule has 1 N–H and O–H groups in total. The number of rotatable bonds is 7. The number of hydrogen-bond acceptors (Lipinski definition) is 5. The van der Waals surface area contributed by atoms with Crippen LogP contribution < -0.4 is 14.8 Å². The highest BCUT2D eigenvalue weighted by atomic mass is 16.5. The summed E-state index contributed by atoms with van der Waals surface area (Å²) in [4.78, 5) is 24.2. The van der Waals surface area contributed by atoms with E-state index in [4.69, 9.17) is 14.2 Å².